The molecular formula is C26H31Cl2N5O3. The highest BCUT2D eigenvalue weighted by Crippen LogP contribution is 2.34. The molecule has 4 amide bonds. The van der Waals surface area contributed by atoms with E-state index in [4.69, 9.17) is 28.9 Å². The predicted molar refractivity (Wildman–Crippen MR) is 141 cm³/mol. The van der Waals surface area contributed by atoms with Crippen LogP contribution in [-0.4, -0.2) is 46.9 Å². The third-order valence-electron chi connectivity index (χ3n) is 7.26. The Morgan fingerprint density at radius 2 is 1.83 bits per heavy atom. The first-order valence-electron chi connectivity index (χ1n) is 12.2. The maximum absolute atomic E-state index is 13.7. The van der Waals surface area contributed by atoms with Crippen molar-refractivity contribution < 1.29 is 14.4 Å². The van der Waals surface area contributed by atoms with Crippen LogP contribution < -0.4 is 16.0 Å². The van der Waals surface area contributed by atoms with Crippen LogP contribution in [0, 0.1) is 11.8 Å². The molecule has 10 heteroatoms. The first kappa shape index (κ1) is 26.2. The van der Waals surface area contributed by atoms with Gasteiger partial charge in [0.05, 0.1) is 5.92 Å². The van der Waals surface area contributed by atoms with Gasteiger partial charge in [-0.2, -0.15) is 0 Å². The molecule has 2 aromatic rings. The number of benzene rings is 1. The molecule has 1 saturated carbocycles. The first-order chi connectivity index (χ1) is 17.2. The van der Waals surface area contributed by atoms with Gasteiger partial charge in [-0.3, -0.25) is 14.5 Å². The molecule has 3 N–H and O–H groups in total. The topological polar surface area (TPSA) is 109 Å². The number of urea groups is 1. The quantitative estimate of drug-likeness (QED) is 0.526. The number of nitrogen functional groups attached to an aromatic ring is 1. The molecule has 2 heterocycles. The third kappa shape index (κ3) is 5.60. The van der Waals surface area contributed by atoms with Gasteiger partial charge in [0.2, 0.25) is 5.91 Å². The van der Waals surface area contributed by atoms with Gasteiger partial charge in [-0.15, -0.1) is 0 Å². The van der Waals surface area contributed by atoms with Crippen molar-refractivity contribution in [2.75, 3.05) is 17.7 Å². The van der Waals surface area contributed by atoms with E-state index in [-0.39, 0.29) is 12.5 Å². The number of β-lactam (4-membered cyclic amide) rings is 1. The summed E-state index contributed by atoms with van der Waals surface area (Å²) in [5.41, 5.74) is 7.04. The lowest BCUT2D eigenvalue weighted by molar-refractivity contribution is -0.156. The Bertz CT molecular complexity index is 1130. The number of nitrogens with one attached hydrogen (secondary N) is 1. The minimum absolute atomic E-state index is 0.0927. The number of likely N-dealkylation sites (tertiary alicyclic amines) is 1. The van der Waals surface area contributed by atoms with Crippen molar-refractivity contribution >= 4 is 52.6 Å². The highest BCUT2D eigenvalue weighted by Gasteiger charge is 2.55. The van der Waals surface area contributed by atoms with Crippen LogP contribution in [0.3, 0.4) is 0 Å². The summed E-state index contributed by atoms with van der Waals surface area (Å²) in [5, 5.41) is 3.73. The van der Waals surface area contributed by atoms with E-state index in [9.17, 15) is 14.4 Å². The van der Waals surface area contributed by atoms with Gasteiger partial charge in [-0.05, 0) is 68.0 Å². The summed E-state index contributed by atoms with van der Waals surface area (Å²) in [6.45, 7) is 1.96. The van der Waals surface area contributed by atoms with Crippen molar-refractivity contribution in [2.24, 2.45) is 11.8 Å². The van der Waals surface area contributed by atoms with Gasteiger partial charge in [0.15, 0.2) is 0 Å². The number of nitrogens with zero attached hydrogens (tertiary/aromatic N) is 3. The number of hydrogen-bond donors (Lipinski definition) is 2. The number of aromatic nitrogens is 1. The summed E-state index contributed by atoms with van der Waals surface area (Å²) < 4.78 is 0. The largest absolute Gasteiger partial charge is 0.384 e. The zero-order valence-electron chi connectivity index (χ0n) is 20.4. The average molecular weight is 532 g/mol. The van der Waals surface area contributed by atoms with Crippen molar-refractivity contribution in [1.29, 1.82) is 0 Å². The Labute approximate surface area is 221 Å². The molecule has 0 bridgehead atoms. The van der Waals surface area contributed by atoms with E-state index in [2.05, 4.69) is 10.3 Å². The van der Waals surface area contributed by atoms with Crippen LogP contribution in [0.15, 0.2) is 36.5 Å². The van der Waals surface area contributed by atoms with Crippen molar-refractivity contribution in [3.63, 3.8) is 0 Å². The Morgan fingerprint density at radius 1 is 1.17 bits per heavy atom. The van der Waals surface area contributed by atoms with Crippen LogP contribution in [-0.2, 0) is 16.0 Å². The van der Waals surface area contributed by atoms with Crippen LogP contribution in [0.25, 0.3) is 0 Å². The summed E-state index contributed by atoms with van der Waals surface area (Å²) in [6, 6.07) is 6.60. The van der Waals surface area contributed by atoms with Gasteiger partial charge in [0.1, 0.15) is 11.9 Å². The molecule has 8 nitrogen and oxygen atoms in total. The number of carbonyl (C=O) groups is 3. The van der Waals surface area contributed by atoms with Crippen molar-refractivity contribution in [3.05, 3.63) is 52.1 Å². The van der Waals surface area contributed by atoms with Crippen LogP contribution >= 0.6 is 23.2 Å². The maximum atomic E-state index is 13.7. The van der Waals surface area contributed by atoms with Gasteiger partial charge in [0, 0.05) is 35.0 Å². The molecule has 0 unspecified atom stereocenters. The lowest BCUT2D eigenvalue weighted by Crippen LogP contribution is -2.71. The number of imide groups is 1. The smallest absolute Gasteiger partial charge is 0.325 e. The fourth-order valence-electron chi connectivity index (χ4n) is 5.21. The molecule has 192 valence electrons. The minimum Gasteiger partial charge on any atom is -0.384 e. The fraction of sp³-hybridized carbons (Fsp3) is 0.462. The Kier molecular flexibility index (Phi) is 8.05. The third-order valence-corrected chi connectivity index (χ3v) is 7.70. The fourth-order valence-corrected chi connectivity index (χ4v) is 5.72. The minimum atomic E-state index is -0.979. The van der Waals surface area contributed by atoms with E-state index in [1.165, 1.54) is 11.3 Å². The first-order valence-corrected chi connectivity index (χ1v) is 13.0. The van der Waals surface area contributed by atoms with Crippen LogP contribution in [0.4, 0.5) is 16.3 Å². The van der Waals surface area contributed by atoms with E-state index >= 15 is 0 Å². The average Bonchev–Trinajstić information content (AvgIpc) is 2.84. The lowest BCUT2D eigenvalue weighted by Gasteiger charge is -2.46. The second kappa shape index (κ2) is 11.0. The molecule has 1 aliphatic heterocycles. The van der Waals surface area contributed by atoms with Gasteiger partial charge >= 0.3 is 6.03 Å². The summed E-state index contributed by atoms with van der Waals surface area (Å²) >= 11 is 12.3. The number of nitrogens with two attached hydrogens (primary N) is 1. The molecule has 4 rings (SSSR count). The summed E-state index contributed by atoms with van der Waals surface area (Å²) in [5.74, 6) is -0.828. The van der Waals surface area contributed by atoms with E-state index in [1.807, 2.05) is 6.92 Å². The number of amides is 4. The number of hydrogen-bond acceptors (Lipinski definition) is 5. The number of likely N-dealkylation sites (N-methyl/N-ethyl adjacent to an activating group) is 1. The highest BCUT2D eigenvalue weighted by atomic mass is 35.5. The van der Waals surface area contributed by atoms with E-state index < -0.39 is 29.8 Å². The number of halogens is 2. The lowest BCUT2D eigenvalue weighted by atomic mass is 9.81. The Hall–Kier alpha value is -2.84. The van der Waals surface area contributed by atoms with Crippen LogP contribution in [0.2, 0.25) is 10.0 Å². The van der Waals surface area contributed by atoms with Crippen LogP contribution in [0.5, 0.6) is 0 Å². The zero-order valence-corrected chi connectivity index (χ0v) is 21.9. The molecule has 1 aromatic heterocycles. The predicted octanol–water partition coefficient (Wildman–Crippen LogP) is 4.68. The molecule has 2 fully saturated rings. The van der Waals surface area contributed by atoms with Gasteiger partial charge in [0.25, 0.3) is 5.91 Å². The second-order valence-electron chi connectivity index (χ2n) is 9.71. The summed E-state index contributed by atoms with van der Waals surface area (Å²) in [4.78, 5) is 46.6. The number of carbonyl (C=O) groups excluding carboxylic acids is 3. The SMILES string of the molecule is C[C@@H](NC(=O)N1C(=O)[C@H](Cc2ccnc(N)c2)[C@H]1C(=O)N(C)c1cc(Cl)cc(Cl)c1)C1CCCCC1. The van der Waals surface area contributed by atoms with Crippen molar-refractivity contribution in [3.8, 4) is 0 Å². The summed E-state index contributed by atoms with van der Waals surface area (Å²) in [7, 11) is 1.58. The van der Waals surface area contributed by atoms with Crippen molar-refractivity contribution in [1.82, 2.24) is 15.2 Å². The zero-order chi connectivity index (χ0) is 26.0. The van der Waals surface area contributed by atoms with Gasteiger partial charge in [-0.25, -0.2) is 9.78 Å². The Balaban J connectivity index is 1.57. The molecule has 1 aromatic carbocycles. The van der Waals surface area contributed by atoms with Crippen LogP contribution in [0.1, 0.15) is 44.6 Å². The highest BCUT2D eigenvalue weighted by molar-refractivity contribution is 6.35. The molecule has 3 atom stereocenters. The van der Waals surface area contributed by atoms with Gasteiger partial charge < -0.3 is 16.0 Å². The Morgan fingerprint density at radius 3 is 2.47 bits per heavy atom. The second-order valence-corrected chi connectivity index (χ2v) is 10.6. The summed E-state index contributed by atoms with van der Waals surface area (Å²) in [6.07, 6.45) is 7.39. The number of rotatable bonds is 6. The maximum Gasteiger partial charge on any atom is 0.325 e. The molecule has 2 aliphatic rings. The van der Waals surface area contributed by atoms with E-state index in [0.29, 0.717) is 27.5 Å². The van der Waals surface area contributed by atoms with Crippen molar-refractivity contribution in [2.45, 2.75) is 57.5 Å². The van der Waals surface area contributed by atoms with E-state index in [0.717, 1.165) is 36.1 Å². The molecule has 36 heavy (non-hydrogen) atoms. The molecule has 1 aliphatic carbocycles. The monoisotopic (exact) mass is 531 g/mol. The van der Waals surface area contributed by atoms with Gasteiger partial charge in [-0.1, -0.05) is 42.5 Å². The molecular weight excluding hydrogens is 501 g/mol. The number of anilines is 2. The molecule has 0 radical (unpaired) electrons. The number of pyridine rings is 1. The standard InChI is InChI=1S/C26H31Cl2N5O3/c1-15(17-6-4-3-5-7-17)31-26(36)33-23(21(24(33)34)10-16-8-9-30-22(29)11-16)25(35)32(2)20-13-18(27)12-19(28)14-20/h8-9,11-15,17,21,23H,3-7,10H2,1-2H3,(H2,29,30)(H,31,36)/t15-,21-,23+/m1/s1. The normalized spacial score (nSPS) is 21.0. The molecule has 0 spiro atoms. The molecule has 1 saturated heterocycles. The van der Waals surface area contributed by atoms with E-state index in [1.54, 1.807) is 43.6 Å².